The van der Waals surface area contributed by atoms with Crippen molar-refractivity contribution >= 4 is 17.2 Å². The van der Waals surface area contributed by atoms with Crippen LogP contribution < -0.4 is 5.73 Å². The minimum Gasteiger partial charge on any atom is -0.395 e. The Labute approximate surface area is 107 Å². The Balaban J connectivity index is 2.71. The maximum Gasteiger partial charge on any atom is 0.103 e. The Morgan fingerprint density at radius 3 is 2.41 bits per heavy atom. The van der Waals surface area contributed by atoms with Crippen LogP contribution in [0.1, 0.15) is 11.1 Å². The second-order valence-corrected chi connectivity index (χ2v) is 4.23. The fourth-order valence-electron chi connectivity index (χ4n) is 1.63. The summed E-state index contributed by atoms with van der Waals surface area (Å²) in [4.78, 5) is 2.35. The smallest absolute Gasteiger partial charge is 0.103 e. The third-order valence-corrected chi connectivity index (χ3v) is 2.69. The highest BCUT2D eigenvalue weighted by Crippen LogP contribution is 2.08. The van der Waals surface area contributed by atoms with E-state index in [1.165, 1.54) is 0 Å². The van der Waals surface area contributed by atoms with Gasteiger partial charge in [0.25, 0.3) is 0 Å². The monoisotopic (exact) mass is 254 g/mol. The van der Waals surface area contributed by atoms with Gasteiger partial charge in [0.15, 0.2) is 0 Å². The normalized spacial score (nSPS) is 10.8. The molecule has 0 fully saturated rings. The number of hydrogen-bond donors (Lipinski definition) is 3. The molecule has 0 aliphatic rings. The lowest BCUT2D eigenvalue weighted by atomic mass is 10.1. The molecule has 5 heteroatoms. The van der Waals surface area contributed by atoms with E-state index in [4.69, 9.17) is 28.2 Å². The largest absolute Gasteiger partial charge is 0.395 e. The van der Waals surface area contributed by atoms with Gasteiger partial charge in [0.2, 0.25) is 0 Å². The quantitative estimate of drug-likeness (QED) is 0.602. The average Bonchev–Trinajstić information content (AvgIpc) is 2.30. The molecule has 17 heavy (non-hydrogen) atoms. The van der Waals surface area contributed by atoms with Gasteiger partial charge in [-0.25, -0.2) is 0 Å². The van der Waals surface area contributed by atoms with E-state index >= 15 is 0 Å². The number of aliphatic hydroxyl groups excluding tert-OH is 2. The van der Waals surface area contributed by atoms with Gasteiger partial charge in [-0.15, -0.1) is 0 Å². The number of hydrogen-bond acceptors (Lipinski definition) is 4. The van der Waals surface area contributed by atoms with Crippen molar-refractivity contribution in [3.63, 3.8) is 0 Å². The van der Waals surface area contributed by atoms with Gasteiger partial charge in [-0.2, -0.15) is 0 Å². The van der Waals surface area contributed by atoms with Crippen molar-refractivity contribution in [1.82, 2.24) is 4.90 Å². The minimum absolute atomic E-state index is 0.0784. The van der Waals surface area contributed by atoms with Crippen molar-refractivity contribution in [3.8, 4) is 0 Å². The molecule has 0 heterocycles. The molecule has 94 valence electrons. The first-order valence-corrected chi connectivity index (χ1v) is 5.91. The fraction of sp³-hybridized carbons (Fsp3) is 0.417. The summed E-state index contributed by atoms with van der Waals surface area (Å²) in [6, 6.07) is 7.68. The zero-order chi connectivity index (χ0) is 12.7. The van der Waals surface area contributed by atoms with Crippen molar-refractivity contribution in [3.05, 3.63) is 35.4 Å². The molecule has 0 atom stereocenters. The molecule has 0 bridgehead atoms. The third-order valence-electron chi connectivity index (χ3n) is 2.45. The van der Waals surface area contributed by atoms with Crippen LogP contribution >= 0.6 is 12.2 Å². The number of nitrogens with two attached hydrogens (primary N) is 1. The van der Waals surface area contributed by atoms with Crippen molar-refractivity contribution in [1.29, 1.82) is 0 Å². The van der Waals surface area contributed by atoms with E-state index in [0.717, 1.165) is 11.1 Å². The first kappa shape index (κ1) is 14.1. The number of rotatable bonds is 7. The van der Waals surface area contributed by atoms with E-state index in [-0.39, 0.29) is 13.2 Å². The molecule has 0 aromatic heterocycles. The SMILES string of the molecule is NC(=S)c1cccc(CN(CCO)CCO)c1. The minimum atomic E-state index is 0.0784. The molecule has 0 aliphatic carbocycles. The van der Waals surface area contributed by atoms with E-state index in [0.29, 0.717) is 24.6 Å². The molecule has 0 unspecified atom stereocenters. The second-order valence-electron chi connectivity index (χ2n) is 3.79. The molecule has 1 rings (SSSR count). The number of nitrogens with zero attached hydrogens (tertiary/aromatic N) is 1. The number of thiocarbonyl (C=S) groups is 1. The molecular formula is C12H18N2O2S. The molecule has 4 nitrogen and oxygen atoms in total. The van der Waals surface area contributed by atoms with Gasteiger partial charge in [-0.05, 0) is 11.6 Å². The van der Waals surface area contributed by atoms with Gasteiger partial charge in [-0.3, -0.25) is 4.90 Å². The number of aliphatic hydroxyl groups is 2. The summed E-state index contributed by atoms with van der Waals surface area (Å²) in [5.74, 6) is 0. The average molecular weight is 254 g/mol. The summed E-state index contributed by atoms with van der Waals surface area (Å²) in [7, 11) is 0. The summed E-state index contributed by atoms with van der Waals surface area (Å²) in [5, 5.41) is 17.8. The molecule has 0 aliphatic heterocycles. The van der Waals surface area contributed by atoms with E-state index in [9.17, 15) is 0 Å². The predicted molar refractivity (Wildman–Crippen MR) is 71.8 cm³/mol. The van der Waals surface area contributed by atoms with Crippen LogP contribution in [0.15, 0.2) is 24.3 Å². The highest BCUT2D eigenvalue weighted by atomic mass is 32.1. The van der Waals surface area contributed by atoms with Crippen LogP contribution in [0, 0.1) is 0 Å². The fourth-order valence-corrected chi connectivity index (χ4v) is 1.76. The van der Waals surface area contributed by atoms with Gasteiger partial charge >= 0.3 is 0 Å². The second kappa shape index (κ2) is 7.34. The standard InChI is InChI=1S/C12H18N2O2S/c13-12(17)11-3-1-2-10(8-11)9-14(4-6-15)5-7-16/h1-3,8,15-16H,4-7,9H2,(H2,13,17). The lowest BCUT2D eigenvalue weighted by Crippen LogP contribution is -2.29. The Hall–Kier alpha value is -1.01. The highest BCUT2D eigenvalue weighted by molar-refractivity contribution is 7.80. The molecular weight excluding hydrogens is 236 g/mol. The van der Waals surface area contributed by atoms with Crippen LogP contribution in [0.3, 0.4) is 0 Å². The van der Waals surface area contributed by atoms with E-state index in [2.05, 4.69) is 0 Å². The maximum atomic E-state index is 8.92. The number of benzene rings is 1. The molecule has 4 N–H and O–H groups in total. The third kappa shape index (κ3) is 4.79. The van der Waals surface area contributed by atoms with Gasteiger partial charge in [0.1, 0.15) is 4.99 Å². The molecule has 0 radical (unpaired) electrons. The summed E-state index contributed by atoms with van der Waals surface area (Å²) in [6.45, 7) is 1.90. The Morgan fingerprint density at radius 1 is 1.24 bits per heavy atom. The van der Waals surface area contributed by atoms with Crippen LogP contribution in [0.2, 0.25) is 0 Å². The van der Waals surface area contributed by atoms with Gasteiger partial charge < -0.3 is 15.9 Å². The van der Waals surface area contributed by atoms with Gasteiger partial charge in [-0.1, -0.05) is 30.4 Å². The van der Waals surface area contributed by atoms with Crippen LogP contribution in [0.25, 0.3) is 0 Å². The summed E-state index contributed by atoms with van der Waals surface area (Å²) in [6.07, 6.45) is 0. The zero-order valence-electron chi connectivity index (χ0n) is 9.67. The maximum absolute atomic E-state index is 8.92. The van der Waals surface area contributed by atoms with Gasteiger partial charge in [0.05, 0.1) is 13.2 Å². The van der Waals surface area contributed by atoms with Crippen molar-refractivity contribution in [2.24, 2.45) is 5.73 Å². The van der Waals surface area contributed by atoms with Crippen LogP contribution in [-0.2, 0) is 6.54 Å². The molecule has 0 saturated heterocycles. The first-order chi connectivity index (χ1) is 8.17. The summed E-state index contributed by atoms with van der Waals surface area (Å²) in [5.41, 5.74) is 7.47. The van der Waals surface area contributed by atoms with Crippen LogP contribution in [-0.4, -0.2) is 46.4 Å². The molecule has 1 aromatic rings. The molecule has 1 aromatic carbocycles. The van der Waals surface area contributed by atoms with Crippen LogP contribution in [0.4, 0.5) is 0 Å². The van der Waals surface area contributed by atoms with E-state index in [1.807, 2.05) is 29.2 Å². The lowest BCUT2D eigenvalue weighted by molar-refractivity contribution is 0.156. The van der Waals surface area contributed by atoms with Crippen molar-refractivity contribution < 1.29 is 10.2 Å². The summed E-state index contributed by atoms with van der Waals surface area (Å²) < 4.78 is 0. The summed E-state index contributed by atoms with van der Waals surface area (Å²) >= 11 is 4.92. The molecule has 0 saturated carbocycles. The molecule has 0 spiro atoms. The van der Waals surface area contributed by atoms with Crippen molar-refractivity contribution in [2.45, 2.75) is 6.54 Å². The van der Waals surface area contributed by atoms with Crippen LogP contribution in [0.5, 0.6) is 0 Å². The lowest BCUT2D eigenvalue weighted by Gasteiger charge is -2.20. The zero-order valence-corrected chi connectivity index (χ0v) is 10.5. The highest BCUT2D eigenvalue weighted by Gasteiger charge is 2.05. The van der Waals surface area contributed by atoms with Gasteiger partial charge in [0, 0.05) is 25.2 Å². The van der Waals surface area contributed by atoms with E-state index in [1.54, 1.807) is 0 Å². The Morgan fingerprint density at radius 2 is 1.88 bits per heavy atom. The molecule has 0 amide bonds. The van der Waals surface area contributed by atoms with E-state index < -0.39 is 0 Å². The van der Waals surface area contributed by atoms with Crippen molar-refractivity contribution in [2.75, 3.05) is 26.3 Å². The Kier molecular flexibility index (Phi) is 6.07. The predicted octanol–water partition coefficient (Wildman–Crippen LogP) is 0.107. The topological polar surface area (TPSA) is 69.7 Å². The Bertz CT molecular complexity index is 365. The first-order valence-electron chi connectivity index (χ1n) is 5.50.